The summed E-state index contributed by atoms with van der Waals surface area (Å²) in [5.74, 6) is -0.693. The summed E-state index contributed by atoms with van der Waals surface area (Å²) in [4.78, 5) is 10.6. The molecule has 12 heavy (non-hydrogen) atoms. The van der Waals surface area contributed by atoms with E-state index in [-0.39, 0.29) is 12.0 Å². The second-order valence-corrected chi connectivity index (χ2v) is 4.05. The van der Waals surface area contributed by atoms with Gasteiger partial charge in [0.15, 0.2) is 0 Å². The summed E-state index contributed by atoms with van der Waals surface area (Å²) in [6.07, 6.45) is 5.83. The number of nitrogens with one attached hydrogen (secondary N) is 1. The summed E-state index contributed by atoms with van der Waals surface area (Å²) < 4.78 is 3.14. The quantitative estimate of drug-likeness (QED) is 0.616. The molecule has 70 valence electrons. The molecular weight excluding hydrogens is 269 g/mol. The molecule has 1 aliphatic rings. The topological polar surface area (TPSA) is 49.3 Å². The van der Waals surface area contributed by atoms with Gasteiger partial charge in [0.05, 0.1) is 6.42 Å². The van der Waals surface area contributed by atoms with Gasteiger partial charge in [-0.2, -0.15) is 0 Å². The maximum Gasteiger partial charge on any atom is 0.305 e. The van der Waals surface area contributed by atoms with Crippen LogP contribution in [0.1, 0.15) is 38.5 Å². The molecule has 0 spiro atoms. The van der Waals surface area contributed by atoms with Crippen LogP contribution in [0.2, 0.25) is 0 Å². The smallest absolute Gasteiger partial charge is 0.305 e. The molecule has 0 bridgehead atoms. The van der Waals surface area contributed by atoms with E-state index in [1.54, 1.807) is 0 Å². The van der Waals surface area contributed by atoms with Gasteiger partial charge in [-0.15, -0.1) is 0 Å². The number of hydrogen-bond donors (Lipinski definition) is 2. The van der Waals surface area contributed by atoms with Gasteiger partial charge in [0.2, 0.25) is 0 Å². The summed E-state index contributed by atoms with van der Waals surface area (Å²) in [6.45, 7) is 0. The predicted molar refractivity (Wildman–Crippen MR) is 55.2 cm³/mol. The van der Waals surface area contributed by atoms with Gasteiger partial charge >= 0.3 is 5.97 Å². The highest BCUT2D eigenvalue weighted by Crippen LogP contribution is 2.31. The fraction of sp³-hybridized carbons (Fsp3) is 0.875. The van der Waals surface area contributed by atoms with E-state index in [1.165, 1.54) is 6.42 Å². The summed E-state index contributed by atoms with van der Waals surface area (Å²) in [6, 6.07) is 0. The van der Waals surface area contributed by atoms with Crippen LogP contribution < -0.4 is 3.53 Å². The fourth-order valence-corrected chi connectivity index (χ4v) is 2.55. The van der Waals surface area contributed by atoms with Crippen molar-refractivity contribution in [2.45, 2.75) is 44.1 Å². The molecule has 2 N–H and O–H groups in total. The van der Waals surface area contributed by atoms with E-state index >= 15 is 0 Å². The normalized spacial score (nSPS) is 22.1. The molecule has 0 aromatic carbocycles. The van der Waals surface area contributed by atoms with E-state index < -0.39 is 5.97 Å². The molecule has 3 nitrogen and oxygen atoms in total. The third-order valence-corrected chi connectivity index (χ3v) is 3.64. The Morgan fingerprint density at radius 3 is 2.42 bits per heavy atom. The largest absolute Gasteiger partial charge is 0.481 e. The van der Waals surface area contributed by atoms with Crippen LogP contribution in [-0.4, -0.2) is 16.6 Å². The van der Waals surface area contributed by atoms with Crippen LogP contribution in [0, 0.1) is 0 Å². The summed E-state index contributed by atoms with van der Waals surface area (Å²) >= 11 is 2.08. The summed E-state index contributed by atoms with van der Waals surface area (Å²) in [5.41, 5.74) is -0.120. The second kappa shape index (κ2) is 4.41. The minimum absolute atomic E-state index is 0.120. The Labute approximate surface area is 86.4 Å². The van der Waals surface area contributed by atoms with Crippen LogP contribution in [0.25, 0.3) is 0 Å². The van der Waals surface area contributed by atoms with E-state index in [1.807, 2.05) is 0 Å². The molecule has 0 amide bonds. The van der Waals surface area contributed by atoms with Gasteiger partial charge in [0, 0.05) is 28.4 Å². The summed E-state index contributed by atoms with van der Waals surface area (Å²) in [5, 5.41) is 8.72. The zero-order valence-electron chi connectivity index (χ0n) is 6.98. The molecule has 0 aliphatic heterocycles. The molecule has 0 radical (unpaired) electrons. The van der Waals surface area contributed by atoms with Gasteiger partial charge in [-0.1, -0.05) is 19.3 Å². The minimum atomic E-state index is -0.693. The number of carboxylic acids is 1. The Morgan fingerprint density at radius 1 is 1.42 bits per heavy atom. The van der Waals surface area contributed by atoms with Crippen molar-refractivity contribution < 1.29 is 9.90 Å². The van der Waals surface area contributed by atoms with Gasteiger partial charge < -0.3 is 5.11 Å². The Hall–Kier alpha value is 0.160. The lowest BCUT2D eigenvalue weighted by Crippen LogP contribution is -2.43. The third kappa shape index (κ3) is 2.58. The van der Waals surface area contributed by atoms with E-state index in [4.69, 9.17) is 5.11 Å². The molecule has 1 aliphatic carbocycles. The zero-order valence-corrected chi connectivity index (χ0v) is 9.13. The van der Waals surface area contributed by atoms with Gasteiger partial charge in [-0.05, 0) is 12.8 Å². The first-order chi connectivity index (χ1) is 5.68. The molecule has 0 heterocycles. The molecule has 1 saturated carbocycles. The molecule has 0 aromatic rings. The first kappa shape index (κ1) is 10.2. The van der Waals surface area contributed by atoms with Crippen LogP contribution in [-0.2, 0) is 4.79 Å². The van der Waals surface area contributed by atoms with Crippen molar-refractivity contribution >= 4 is 28.8 Å². The lowest BCUT2D eigenvalue weighted by Gasteiger charge is -2.34. The highest BCUT2D eigenvalue weighted by molar-refractivity contribution is 14.1. The van der Waals surface area contributed by atoms with Crippen molar-refractivity contribution in [3.8, 4) is 0 Å². The van der Waals surface area contributed by atoms with Crippen LogP contribution in [0.4, 0.5) is 0 Å². The average molecular weight is 283 g/mol. The first-order valence-electron chi connectivity index (χ1n) is 4.28. The number of rotatable bonds is 3. The lowest BCUT2D eigenvalue weighted by atomic mass is 9.80. The van der Waals surface area contributed by atoms with Crippen molar-refractivity contribution in [1.29, 1.82) is 0 Å². The molecule has 1 rings (SSSR count). The predicted octanol–water partition coefficient (Wildman–Crippen LogP) is 2.10. The lowest BCUT2D eigenvalue weighted by molar-refractivity contribution is -0.138. The van der Waals surface area contributed by atoms with E-state index in [2.05, 4.69) is 26.4 Å². The Morgan fingerprint density at radius 2 is 2.00 bits per heavy atom. The number of halogens is 1. The number of carbonyl (C=O) groups is 1. The number of aliphatic carboxylic acids is 1. The highest BCUT2D eigenvalue weighted by Gasteiger charge is 2.33. The number of hydrogen-bond acceptors (Lipinski definition) is 2. The molecule has 0 atom stereocenters. The maximum absolute atomic E-state index is 10.6. The molecular formula is C8H14INO2. The van der Waals surface area contributed by atoms with Crippen molar-refractivity contribution in [3.05, 3.63) is 0 Å². The first-order valence-corrected chi connectivity index (χ1v) is 5.36. The van der Waals surface area contributed by atoms with E-state index in [0.717, 1.165) is 25.7 Å². The third-order valence-electron chi connectivity index (χ3n) is 2.50. The van der Waals surface area contributed by atoms with E-state index in [9.17, 15) is 4.79 Å². The van der Waals surface area contributed by atoms with E-state index in [0.29, 0.717) is 0 Å². The number of carboxylic acid groups (broad SMARTS) is 1. The SMILES string of the molecule is O=C(O)CC1(NI)CCCCC1. The van der Waals surface area contributed by atoms with Crippen molar-refractivity contribution in [2.75, 3.05) is 0 Å². The molecule has 0 unspecified atom stereocenters. The van der Waals surface area contributed by atoms with Crippen molar-refractivity contribution in [3.63, 3.8) is 0 Å². The van der Waals surface area contributed by atoms with Gasteiger partial charge in [0.25, 0.3) is 0 Å². The Balaban J connectivity index is 2.53. The van der Waals surface area contributed by atoms with Crippen molar-refractivity contribution in [2.24, 2.45) is 0 Å². The molecule has 0 saturated heterocycles. The Bertz CT molecular complexity index is 166. The fourth-order valence-electron chi connectivity index (χ4n) is 1.82. The van der Waals surface area contributed by atoms with Gasteiger partial charge in [-0.3, -0.25) is 8.32 Å². The second-order valence-electron chi connectivity index (χ2n) is 3.51. The van der Waals surface area contributed by atoms with Gasteiger partial charge in [0.1, 0.15) is 0 Å². The minimum Gasteiger partial charge on any atom is -0.481 e. The van der Waals surface area contributed by atoms with Crippen LogP contribution in [0.3, 0.4) is 0 Å². The van der Waals surface area contributed by atoms with Crippen molar-refractivity contribution in [1.82, 2.24) is 3.53 Å². The van der Waals surface area contributed by atoms with Crippen LogP contribution in [0.15, 0.2) is 0 Å². The molecule has 0 aromatic heterocycles. The Kier molecular flexibility index (Phi) is 3.77. The molecule has 4 heteroatoms. The zero-order chi connectivity index (χ0) is 9.03. The van der Waals surface area contributed by atoms with Crippen LogP contribution >= 0.6 is 22.9 Å². The highest BCUT2D eigenvalue weighted by atomic mass is 127. The molecule has 1 fully saturated rings. The maximum atomic E-state index is 10.6. The van der Waals surface area contributed by atoms with Crippen LogP contribution in [0.5, 0.6) is 0 Å². The monoisotopic (exact) mass is 283 g/mol. The summed E-state index contributed by atoms with van der Waals surface area (Å²) in [7, 11) is 0. The average Bonchev–Trinajstić information content (AvgIpc) is 2.05. The van der Waals surface area contributed by atoms with Gasteiger partial charge in [-0.25, -0.2) is 0 Å². The standard InChI is InChI=1S/C8H14INO2/c9-10-8(6-7(11)12)4-2-1-3-5-8/h10H,1-6H2,(H,11,12).